The minimum Gasteiger partial charge on any atom is -0.387 e. The lowest BCUT2D eigenvalue weighted by molar-refractivity contribution is 0.181. The van der Waals surface area contributed by atoms with Crippen LogP contribution in [0, 0.1) is 20.8 Å². The quantitative estimate of drug-likeness (QED) is 0.866. The highest BCUT2D eigenvalue weighted by molar-refractivity contribution is 9.10. The van der Waals surface area contributed by atoms with Gasteiger partial charge in [0.15, 0.2) is 0 Å². The summed E-state index contributed by atoms with van der Waals surface area (Å²) in [6.45, 7) is 6.27. The van der Waals surface area contributed by atoms with Gasteiger partial charge in [-0.2, -0.15) is 0 Å². The van der Waals surface area contributed by atoms with E-state index in [-0.39, 0.29) is 0 Å². The standard InChI is InChI=1S/C15H17BrOS/c1-9-4-5-12(6-10(9)2)8-14(17)15-13(16)7-11(3)18-15/h4-7,14,17H,8H2,1-3H3. The fourth-order valence-corrected chi connectivity index (χ4v) is 3.88. The van der Waals surface area contributed by atoms with Crippen LogP contribution in [0.1, 0.15) is 32.5 Å². The summed E-state index contributed by atoms with van der Waals surface area (Å²) >= 11 is 5.16. The molecular weight excluding hydrogens is 308 g/mol. The van der Waals surface area contributed by atoms with Crippen molar-refractivity contribution in [2.45, 2.75) is 33.3 Å². The Labute approximate surface area is 121 Å². The van der Waals surface area contributed by atoms with Crippen LogP contribution in [0.15, 0.2) is 28.7 Å². The van der Waals surface area contributed by atoms with Gasteiger partial charge in [0.05, 0.1) is 6.10 Å². The van der Waals surface area contributed by atoms with E-state index in [9.17, 15) is 5.11 Å². The molecular formula is C15H17BrOS. The number of aliphatic hydroxyl groups is 1. The van der Waals surface area contributed by atoms with Gasteiger partial charge in [-0.05, 0) is 59.5 Å². The van der Waals surface area contributed by atoms with Gasteiger partial charge in [0, 0.05) is 20.6 Å². The van der Waals surface area contributed by atoms with Gasteiger partial charge < -0.3 is 5.11 Å². The Bertz CT molecular complexity index is 560. The van der Waals surface area contributed by atoms with E-state index in [4.69, 9.17) is 0 Å². The lowest BCUT2D eigenvalue weighted by Crippen LogP contribution is -2.00. The fraction of sp³-hybridized carbons (Fsp3) is 0.333. The molecule has 96 valence electrons. The topological polar surface area (TPSA) is 20.2 Å². The fourth-order valence-electron chi connectivity index (χ4n) is 1.97. The average Bonchev–Trinajstić information content (AvgIpc) is 2.63. The molecule has 0 bridgehead atoms. The number of aryl methyl sites for hydroxylation is 3. The first-order valence-electron chi connectivity index (χ1n) is 5.97. The molecule has 1 N–H and O–H groups in total. The highest BCUT2D eigenvalue weighted by Crippen LogP contribution is 2.33. The summed E-state index contributed by atoms with van der Waals surface area (Å²) in [5, 5.41) is 10.3. The predicted octanol–water partition coefficient (Wildman–Crippen LogP) is 4.71. The minimum absolute atomic E-state index is 0.430. The van der Waals surface area contributed by atoms with E-state index >= 15 is 0 Å². The maximum Gasteiger partial charge on any atom is 0.0933 e. The van der Waals surface area contributed by atoms with Crippen molar-refractivity contribution < 1.29 is 5.11 Å². The van der Waals surface area contributed by atoms with E-state index in [2.05, 4.69) is 61.0 Å². The predicted molar refractivity (Wildman–Crippen MR) is 81.3 cm³/mol. The maximum absolute atomic E-state index is 10.3. The monoisotopic (exact) mass is 324 g/mol. The van der Waals surface area contributed by atoms with Crippen LogP contribution in [0.25, 0.3) is 0 Å². The van der Waals surface area contributed by atoms with E-state index in [0.717, 1.165) is 9.35 Å². The Hall–Kier alpha value is -0.640. The lowest BCUT2D eigenvalue weighted by Gasteiger charge is -2.11. The molecule has 18 heavy (non-hydrogen) atoms. The second kappa shape index (κ2) is 5.55. The molecule has 0 amide bonds. The summed E-state index contributed by atoms with van der Waals surface area (Å²) in [5.41, 5.74) is 3.76. The normalized spacial score (nSPS) is 12.7. The van der Waals surface area contributed by atoms with Crippen LogP contribution in [0.3, 0.4) is 0 Å². The van der Waals surface area contributed by atoms with Crippen molar-refractivity contribution in [3.8, 4) is 0 Å². The zero-order chi connectivity index (χ0) is 13.3. The third-order valence-electron chi connectivity index (χ3n) is 3.14. The summed E-state index contributed by atoms with van der Waals surface area (Å²) < 4.78 is 1.02. The molecule has 3 heteroatoms. The van der Waals surface area contributed by atoms with Crippen molar-refractivity contribution in [2.24, 2.45) is 0 Å². The van der Waals surface area contributed by atoms with Crippen LogP contribution in [0.4, 0.5) is 0 Å². The largest absolute Gasteiger partial charge is 0.387 e. The second-order valence-electron chi connectivity index (χ2n) is 4.71. The van der Waals surface area contributed by atoms with Gasteiger partial charge in [0.1, 0.15) is 0 Å². The minimum atomic E-state index is -0.430. The van der Waals surface area contributed by atoms with E-state index in [1.165, 1.54) is 21.6 Å². The number of rotatable bonds is 3. The molecule has 0 saturated heterocycles. The molecule has 0 aliphatic rings. The summed E-state index contributed by atoms with van der Waals surface area (Å²) in [5.74, 6) is 0. The molecule has 0 aliphatic heterocycles. The zero-order valence-corrected chi connectivity index (χ0v) is 13.2. The van der Waals surface area contributed by atoms with Crippen LogP contribution in [-0.4, -0.2) is 5.11 Å². The smallest absolute Gasteiger partial charge is 0.0933 e. The van der Waals surface area contributed by atoms with Gasteiger partial charge >= 0.3 is 0 Å². The van der Waals surface area contributed by atoms with E-state index in [1.807, 2.05) is 0 Å². The summed E-state index contributed by atoms with van der Waals surface area (Å²) in [6, 6.07) is 8.43. The molecule has 1 heterocycles. The number of thiophene rings is 1. The van der Waals surface area contributed by atoms with Crippen LogP contribution in [-0.2, 0) is 6.42 Å². The number of benzene rings is 1. The van der Waals surface area contributed by atoms with Crippen molar-refractivity contribution in [3.63, 3.8) is 0 Å². The van der Waals surface area contributed by atoms with Gasteiger partial charge in [-0.25, -0.2) is 0 Å². The Kier molecular flexibility index (Phi) is 4.25. The molecule has 1 aromatic carbocycles. The molecule has 1 unspecified atom stereocenters. The van der Waals surface area contributed by atoms with Crippen molar-refractivity contribution in [3.05, 3.63) is 55.2 Å². The number of halogens is 1. The molecule has 0 saturated carbocycles. The van der Waals surface area contributed by atoms with E-state index in [0.29, 0.717) is 6.42 Å². The van der Waals surface area contributed by atoms with Gasteiger partial charge in [-0.1, -0.05) is 18.2 Å². The third kappa shape index (κ3) is 3.02. The van der Waals surface area contributed by atoms with Crippen molar-refractivity contribution >= 4 is 27.3 Å². The summed E-state index contributed by atoms with van der Waals surface area (Å²) in [7, 11) is 0. The molecule has 0 spiro atoms. The van der Waals surface area contributed by atoms with Crippen molar-refractivity contribution in [1.29, 1.82) is 0 Å². The number of hydrogen-bond acceptors (Lipinski definition) is 2. The molecule has 0 aliphatic carbocycles. The highest BCUT2D eigenvalue weighted by atomic mass is 79.9. The molecule has 2 rings (SSSR count). The molecule has 1 aromatic heterocycles. The molecule has 1 nitrogen and oxygen atoms in total. The molecule has 0 radical (unpaired) electrons. The summed E-state index contributed by atoms with van der Waals surface area (Å²) in [6.07, 6.45) is 0.236. The molecule has 1 atom stereocenters. The van der Waals surface area contributed by atoms with Crippen molar-refractivity contribution in [1.82, 2.24) is 0 Å². The molecule has 0 fully saturated rings. The Morgan fingerprint density at radius 2 is 1.89 bits per heavy atom. The Morgan fingerprint density at radius 1 is 1.17 bits per heavy atom. The lowest BCUT2D eigenvalue weighted by atomic mass is 10.0. The highest BCUT2D eigenvalue weighted by Gasteiger charge is 2.15. The van der Waals surface area contributed by atoms with Gasteiger partial charge in [-0.15, -0.1) is 11.3 Å². The van der Waals surface area contributed by atoms with Gasteiger partial charge in [0.25, 0.3) is 0 Å². The molecule has 2 aromatic rings. The van der Waals surface area contributed by atoms with Gasteiger partial charge in [0.2, 0.25) is 0 Å². The summed E-state index contributed by atoms with van der Waals surface area (Å²) in [4.78, 5) is 2.24. The number of aliphatic hydroxyl groups excluding tert-OH is 1. The van der Waals surface area contributed by atoms with Crippen LogP contribution in [0.2, 0.25) is 0 Å². The van der Waals surface area contributed by atoms with E-state index < -0.39 is 6.10 Å². The third-order valence-corrected chi connectivity index (χ3v) is 5.21. The second-order valence-corrected chi connectivity index (χ2v) is 6.85. The van der Waals surface area contributed by atoms with Crippen LogP contribution < -0.4 is 0 Å². The number of hydrogen-bond donors (Lipinski definition) is 1. The average molecular weight is 325 g/mol. The Morgan fingerprint density at radius 3 is 2.44 bits per heavy atom. The zero-order valence-electron chi connectivity index (χ0n) is 10.8. The van der Waals surface area contributed by atoms with Crippen LogP contribution >= 0.6 is 27.3 Å². The van der Waals surface area contributed by atoms with Crippen LogP contribution in [0.5, 0.6) is 0 Å². The van der Waals surface area contributed by atoms with Gasteiger partial charge in [-0.3, -0.25) is 0 Å². The first-order chi connectivity index (χ1) is 8.47. The SMILES string of the molecule is Cc1cc(Br)c(C(O)Cc2ccc(C)c(C)c2)s1. The maximum atomic E-state index is 10.3. The van der Waals surface area contributed by atoms with Crippen molar-refractivity contribution in [2.75, 3.05) is 0 Å². The Balaban J connectivity index is 2.18. The van der Waals surface area contributed by atoms with E-state index in [1.54, 1.807) is 11.3 Å². The first kappa shape index (κ1) is 13.8. The first-order valence-corrected chi connectivity index (χ1v) is 7.58.